The van der Waals surface area contributed by atoms with E-state index in [0.29, 0.717) is 18.1 Å². The average molecular weight is 1370 g/mol. The molecule has 344 valence electrons. The van der Waals surface area contributed by atoms with Crippen molar-refractivity contribution in [3.05, 3.63) is 219 Å². The van der Waals surface area contributed by atoms with E-state index in [1.54, 1.807) is 46.2 Å². The number of carbonyl (C=O) groups is 2. The number of halogens is 3. The minimum Gasteiger partial charge on any atom is 0 e. The van der Waals surface area contributed by atoms with Gasteiger partial charge in [-0.25, -0.2) is 0 Å². The number of nitrogens with zero attached hydrogens (tertiary/aromatic N) is 1. The Morgan fingerprint density at radius 1 is 0.615 bits per heavy atom. The Labute approximate surface area is 436 Å². The van der Waals surface area contributed by atoms with E-state index in [9.17, 15) is 9.59 Å². The van der Waals surface area contributed by atoms with Crippen molar-refractivity contribution in [1.82, 2.24) is 15.6 Å². The van der Waals surface area contributed by atoms with Gasteiger partial charge in [-0.15, -0.1) is 0 Å². The first-order valence-corrected chi connectivity index (χ1v) is 29.2. The molecule has 1 heterocycles. The summed E-state index contributed by atoms with van der Waals surface area (Å²) in [5, 5.41) is 16.4. The van der Waals surface area contributed by atoms with E-state index in [-0.39, 0.29) is 47.8 Å². The molecule has 1 atom stereocenters. The van der Waals surface area contributed by atoms with Gasteiger partial charge in [0.1, 0.15) is 11.3 Å². The van der Waals surface area contributed by atoms with Crippen LogP contribution in [0.5, 0.6) is 0 Å². The number of hydrogen-bond acceptors (Lipinski definition) is 4. The number of rotatable bonds is 15. The van der Waals surface area contributed by atoms with Crippen LogP contribution in [0.1, 0.15) is 19.8 Å². The van der Waals surface area contributed by atoms with E-state index < -0.39 is 15.8 Å². The molecular weight excluding hydrogens is 1320 g/mol. The Balaban J connectivity index is 0.000000334. The molecule has 2 amide bonds. The van der Waals surface area contributed by atoms with Crippen LogP contribution in [0.3, 0.4) is 0 Å². The van der Waals surface area contributed by atoms with Gasteiger partial charge in [0.25, 0.3) is 0 Å². The van der Waals surface area contributed by atoms with Crippen LogP contribution in [0, 0.1) is 62.2 Å². The average Bonchev–Trinajstić information content (AvgIpc) is 4.07. The summed E-state index contributed by atoms with van der Waals surface area (Å²) >= 11 is 9.57. The Hall–Kier alpha value is -2.02. The number of nitrogens with one attached hydrogen (secondary N) is 3. The van der Waals surface area contributed by atoms with E-state index in [2.05, 4.69) is 193 Å². The van der Waals surface area contributed by atoms with Crippen molar-refractivity contribution in [2.75, 3.05) is 18.4 Å². The molecule has 1 unspecified atom stereocenters. The molecule has 14 heteroatoms. The smallest absolute Gasteiger partial charge is 0 e. The zero-order valence-corrected chi connectivity index (χ0v) is 44.9. The molecular formula is C51H49Au2Cl3FeN4O2P2+2. The normalized spacial score (nSPS) is 14.2. The fraction of sp³-hybridized carbons (Fsp3) is 0.118. The molecule has 2 saturated carbocycles. The van der Waals surface area contributed by atoms with Crippen LogP contribution in [0.4, 0.5) is 5.69 Å². The van der Waals surface area contributed by atoms with E-state index in [4.69, 9.17) is 11.6 Å². The van der Waals surface area contributed by atoms with Crippen LogP contribution in [0.15, 0.2) is 152 Å². The van der Waals surface area contributed by atoms with Crippen LogP contribution >= 0.6 is 45.8 Å². The van der Waals surface area contributed by atoms with Gasteiger partial charge in [0, 0.05) is 90.6 Å². The van der Waals surface area contributed by atoms with Gasteiger partial charge < -0.3 is 16.0 Å². The third-order valence-corrected chi connectivity index (χ3v) is 16.0. The minimum atomic E-state index is -1.25. The third-order valence-electron chi connectivity index (χ3n) is 10.2. The quantitative estimate of drug-likeness (QED) is 0.0544. The maximum atomic E-state index is 12.8. The number of benzene rings is 5. The summed E-state index contributed by atoms with van der Waals surface area (Å²) in [4.78, 5) is 29.6. The van der Waals surface area contributed by atoms with Crippen molar-refractivity contribution < 1.29 is 66.6 Å². The van der Waals surface area contributed by atoms with Gasteiger partial charge in [0.05, 0.1) is 48.5 Å². The van der Waals surface area contributed by atoms with Crippen molar-refractivity contribution >= 4 is 95.4 Å². The standard InChI is InChI=1S/C34H34ClN4O2P.C17H15P.2Au.2ClH.Fe/c1-24(28-13-8-14-32(28)42(26-9-4-2-5-10-26)27-11-6-3-7-12-27)39-34(41)18-17-33(40)38-22-21-37-30-19-20-36-31-23-25(35)15-16-29(30)31;1-3-9-15(10-4-1)18(17-13-7-8-14-17)16-11-5-2-6-12-16;;;;;/h2-16,19-20,23-24,42H,17-18,21-22H2,1H3,(H,36,37)(H,38,40)(H,39,41);1-14,18H;;;2*1H;/q4*+1;;;/p-2. The molecule has 1 aromatic heterocycles. The second-order valence-corrected chi connectivity index (χ2v) is 19.7. The maximum absolute atomic E-state index is 12.8. The Morgan fingerprint density at radius 2 is 1.12 bits per heavy atom. The number of pyridine rings is 1. The van der Waals surface area contributed by atoms with Crippen LogP contribution in [0.2, 0.25) is 5.02 Å². The van der Waals surface area contributed by atoms with Crippen molar-refractivity contribution in [2.45, 2.75) is 25.8 Å². The van der Waals surface area contributed by atoms with Gasteiger partial charge in [-0.1, -0.05) is 84.4 Å². The summed E-state index contributed by atoms with van der Waals surface area (Å²) in [6.45, 7) is 2.99. The fourth-order valence-corrected chi connectivity index (χ4v) is 13.0. The predicted octanol–water partition coefficient (Wildman–Crippen LogP) is 9.89. The molecule has 10 radical (unpaired) electrons. The zero-order valence-electron chi connectivity index (χ0n) is 35.2. The molecule has 8 rings (SSSR count). The first kappa shape index (κ1) is 55.6. The molecule has 6 nitrogen and oxygen atoms in total. The molecule has 3 N–H and O–H groups in total. The first-order chi connectivity index (χ1) is 31.4. The van der Waals surface area contributed by atoms with Gasteiger partial charge in [-0.3, -0.25) is 14.6 Å². The van der Waals surface area contributed by atoms with Crippen molar-refractivity contribution in [3.8, 4) is 0 Å². The molecule has 2 fully saturated rings. The number of carbonyl (C=O) groups excluding carboxylic acids is 2. The largest absolute Gasteiger partial charge is 0 e. The Morgan fingerprint density at radius 3 is 1.66 bits per heavy atom. The monoisotopic (exact) mass is 1370 g/mol. The number of aromatic nitrogens is 1. The van der Waals surface area contributed by atoms with Crippen molar-refractivity contribution in [2.24, 2.45) is 0 Å². The van der Waals surface area contributed by atoms with Crippen molar-refractivity contribution in [1.29, 1.82) is 0 Å². The van der Waals surface area contributed by atoms with Crippen LogP contribution in [0.25, 0.3) is 10.9 Å². The Bertz CT molecular complexity index is 2200. The molecule has 0 aliphatic heterocycles. The molecule has 0 saturated heterocycles. The van der Waals surface area contributed by atoms with Crippen molar-refractivity contribution in [3.63, 3.8) is 0 Å². The summed E-state index contributed by atoms with van der Waals surface area (Å²) < 4.78 is 0. The van der Waals surface area contributed by atoms with Gasteiger partial charge in [-0.05, 0) is 105 Å². The van der Waals surface area contributed by atoms with Gasteiger partial charge in [-0.2, -0.15) is 0 Å². The second kappa shape index (κ2) is 31.2. The topological polar surface area (TPSA) is 83.1 Å². The van der Waals surface area contributed by atoms with E-state index in [0.717, 1.165) is 22.5 Å². The first-order valence-electron chi connectivity index (χ1n) is 20.5. The summed E-state index contributed by atoms with van der Waals surface area (Å²) in [6.07, 6.45) is 17.1. The van der Waals surface area contributed by atoms with Crippen LogP contribution in [-0.4, -0.2) is 35.9 Å². The zero-order chi connectivity index (χ0) is 45.5. The number of amides is 2. The van der Waals surface area contributed by atoms with E-state index in [1.807, 2.05) is 43.3 Å². The molecule has 65 heavy (non-hydrogen) atoms. The minimum absolute atomic E-state index is 0. The molecule has 5 aromatic carbocycles. The molecule has 6 aromatic rings. The summed E-state index contributed by atoms with van der Waals surface area (Å²) in [7, 11) is 7.09. The van der Waals surface area contributed by atoms with Gasteiger partial charge in [0.15, 0.2) is 0 Å². The Kier molecular flexibility index (Phi) is 26.7. The third kappa shape index (κ3) is 17.2. The van der Waals surface area contributed by atoms with Gasteiger partial charge in [0.2, 0.25) is 11.8 Å². The summed E-state index contributed by atoms with van der Waals surface area (Å²) in [5.74, 6) is 0.822. The summed E-state index contributed by atoms with van der Waals surface area (Å²) in [6, 6.07) is 50.1. The van der Waals surface area contributed by atoms with Crippen LogP contribution in [-0.2, 0) is 66.6 Å². The second-order valence-electron chi connectivity index (χ2n) is 14.4. The molecule has 2 aliphatic rings. The fourth-order valence-electron chi connectivity index (χ4n) is 7.36. The van der Waals surface area contributed by atoms with E-state index in [1.165, 1.54) is 32.5 Å². The molecule has 2 aliphatic carbocycles. The van der Waals surface area contributed by atoms with E-state index >= 15 is 0 Å². The SMILES string of the molecule is CC(NC(=O)CCC(=O)NCCNc1ccnc2cc(Cl)ccc12)[C]1[CH][CH][CH][C]1[PH+](c1ccccc1)c1ccccc1.[CH]1[CH][CH][C]([PH+](c2ccccc2)c2ccccc2)[CH]1.[Cl][Au].[Cl][Au].[Fe]. The molecule has 0 spiro atoms. The number of fused-ring (bicyclic) bond motifs is 1. The van der Waals surface area contributed by atoms with Crippen LogP contribution < -0.4 is 37.2 Å². The van der Waals surface area contributed by atoms with Gasteiger partial charge >= 0.3 is 58.4 Å². The molecule has 0 bridgehead atoms. The summed E-state index contributed by atoms with van der Waals surface area (Å²) in [5.41, 5.74) is 4.45. The maximum Gasteiger partial charge on any atom is 0 e. The number of hydrogen-bond donors (Lipinski definition) is 3. The predicted molar refractivity (Wildman–Crippen MR) is 268 cm³/mol. The number of anilines is 1.